The number of rotatable bonds is 4. The zero-order chi connectivity index (χ0) is 11.4. The first-order valence-electron chi connectivity index (χ1n) is 3.90. The molecule has 84 valence electrons. The average molecular weight is 214 g/mol. The summed E-state index contributed by atoms with van der Waals surface area (Å²) in [5.74, 6) is -0.348. The van der Waals surface area contributed by atoms with Gasteiger partial charge < -0.3 is 15.3 Å². The highest BCUT2D eigenvalue weighted by molar-refractivity contribution is 5.77. The number of halogens is 3. The van der Waals surface area contributed by atoms with Gasteiger partial charge in [-0.05, 0) is 0 Å². The van der Waals surface area contributed by atoms with Crippen LogP contribution in [0.5, 0.6) is 0 Å². The van der Waals surface area contributed by atoms with Crippen LogP contribution in [0.1, 0.15) is 0 Å². The zero-order valence-corrected chi connectivity index (χ0v) is 7.93. The first-order valence-corrected chi connectivity index (χ1v) is 3.90. The number of nitrogens with one attached hydrogen (secondary N) is 1. The van der Waals surface area contributed by atoms with E-state index in [1.165, 1.54) is 19.0 Å². The molecule has 0 rings (SSSR count). The molecule has 0 aliphatic rings. The van der Waals surface area contributed by atoms with E-state index in [4.69, 9.17) is 5.11 Å². The van der Waals surface area contributed by atoms with Crippen molar-refractivity contribution in [3.63, 3.8) is 0 Å². The maximum absolute atomic E-state index is 11.7. The SMILES string of the molecule is CN(C)C(=O)CNCC(O)C(F)(F)F. The van der Waals surface area contributed by atoms with Gasteiger partial charge in [0, 0.05) is 20.6 Å². The Morgan fingerprint density at radius 3 is 2.36 bits per heavy atom. The Morgan fingerprint density at radius 2 is 2.00 bits per heavy atom. The van der Waals surface area contributed by atoms with Gasteiger partial charge in [-0.15, -0.1) is 0 Å². The van der Waals surface area contributed by atoms with E-state index in [-0.39, 0.29) is 12.5 Å². The Labute approximate surface area is 79.7 Å². The summed E-state index contributed by atoms with van der Waals surface area (Å²) in [6, 6.07) is 0. The Kier molecular flexibility index (Phi) is 4.86. The summed E-state index contributed by atoms with van der Waals surface area (Å²) in [5.41, 5.74) is 0. The van der Waals surface area contributed by atoms with E-state index >= 15 is 0 Å². The number of nitrogens with zero attached hydrogens (tertiary/aromatic N) is 1. The number of carbonyl (C=O) groups excluding carboxylic acids is 1. The standard InChI is InChI=1S/C7H13F3N2O2/c1-12(2)6(14)4-11-3-5(13)7(8,9)10/h5,11,13H,3-4H2,1-2H3. The Balaban J connectivity index is 3.70. The Bertz CT molecular complexity index is 194. The molecule has 0 aromatic carbocycles. The number of aliphatic hydroxyl groups is 1. The minimum absolute atomic E-state index is 0.222. The van der Waals surface area contributed by atoms with Crippen LogP contribution in [0.2, 0.25) is 0 Å². The molecule has 0 saturated heterocycles. The molecule has 0 heterocycles. The van der Waals surface area contributed by atoms with Crippen LogP contribution >= 0.6 is 0 Å². The van der Waals surface area contributed by atoms with Gasteiger partial charge in [-0.2, -0.15) is 13.2 Å². The van der Waals surface area contributed by atoms with Crippen LogP contribution in [0.4, 0.5) is 13.2 Å². The van der Waals surface area contributed by atoms with Gasteiger partial charge >= 0.3 is 6.18 Å². The summed E-state index contributed by atoms with van der Waals surface area (Å²) in [6.45, 7) is -0.900. The van der Waals surface area contributed by atoms with Crippen molar-refractivity contribution in [1.82, 2.24) is 10.2 Å². The fraction of sp³-hybridized carbons (Fsp3) is 0.857. The van der Waals surface area contributed by atoms with Crippen molar-refractivity contribution >= 4 is 5.91 Å². The monoisotopic (exact) mass is 214 g/mol. The molecule has 0 aliphatic carbocycles. The lowest BCUT2D eigenvalue weighted by molar-refractivity contribution is -0.201. The molecule has 0 spiro atoms. The molecule has 4 nitrogen and oxygen atoms in total. The highest BCUT2D eigenvalue weighted by atomic mass is 19.4. The third kappa shape index (κ3) is 5.03. The number of hydrogen-bond donors (Lipinski definition) is 2. The molecule has 1 atom stereocenters. The lowest BCUT2D eigenvalue weighted by Crippen LogP contribution is -2.42. The minimum atomic E-state index is -4.64. The summed E-state index contributed by atoms with van der Waals surface area (Å²) in [7, 11) is 2.98. The molecule has 14 heavy (non-hydrogen) atoms. The maximum Gasteiger partial charge on any atom is 0.415 e. The topological polar surface area (TPSA) is 52.6 Å². The van der Waals surface area contributed by atoms with Crippen molar-refractivity contribution in [3.8, 4) is 0 Å². The molecule has 0 bridgehead atoms. The van der Waals surface area contributed by atoms with Crippen molar-refractivity contribution in [1.29, 1.82) is 0 Å². The highest BCUT2D eigenvalue weighted by Gasteiger charge is 2.37. The van der Waals surface area contributed by atoms with Gasteiger partial charge in [-0.25, -0.2) is 0 Å². The van der Waals surface area contributed by atoms with Crippen LogP contribution in [0, 0.1) is 0 Å². The van der Waals surface area contributed by atoms with Gasteiger partial charge in [0.1, 0.15) is 0 Å². The molecule has 1 unspecified atom stereocenters. The maximum atomic E-state index is 11.7. The summed E-state index contributed by atoms with van der Waals surface area (Å²) >= 11 is 0. The van der Waals surface area contributed by atoms with Gasteiger partial charge in [0.25, 0.3) is 0 Å². The lowest BCUT2D eigenvalue weighted by atomic mass is 10.3. The van der Waals surface area contributed by atoms with E-state index in [9.17, 15) is 18.0 Å². The van der Waals surface area contributed by atoms with Crippen LogP contribution < -0.4 is 5.32 Å². The molecule has 0 aromatic heterocycles. The minimum Gasteiger partial charge on any atom is -0.382 e. The van der Waals surface area contributed by atoms with E-state index in [1.807, 2.05) is 0 Å². The van der Waals surface area contributed by atoms with Crippen LogP contribution in [-0.2, 0) is 4.79 Å². The first-order chi connectivity index (χ1) is 6.25. The van der Waals surface area contributed by atoms with E-state index < -0.39 is 18.8 Å². The third-order valence-electron chi connectivity index (χ3n) is 1.49. The highest BCUT2D eigenvalue weighted by Crippen LogP contribution is 2.18. The Morgan fingerprint density at radius 1 is 1.50 bits per heavy atom. The van der Waals surface area contributed by atoms with Gasteiger partial charge in [0.15, 0.2) is 6.10 Å². The fourth-order valence-corrected chi connectivity index (χ4v) is 0.590. The fourth-order valence-electron chi connectivity index (χ4n) is 0.590. The molecule has 1 amide bonds. The van der Waals surface area contributed by atoms with Crippen LogP contribution in [0.15, 0.2) is 0 Å². The number of amides is 1. The van der Waals surface area contributed by atoms with Gasteiger partial charge in [0.2, 0.25) is 5.91 Å². The van der Waals surface area contributed by atoms with Crippen molar-refractivity contribution < 1.29 is 23.1 Å². The summed E-state index contributed by atoms with van der Waals surface area (Å²) in [6.07, 6.45) is -7.08. The Hall–Kier alpha value is -0.820. The lowest BCUT2D eigenvalue weighted by Gasteiger charge is -2.16. The molecule has 2 N–H and O–H groups in total. The predicted octanol–water partition coefficient (Wildman–Crippen LogP) is -0.413. The molecule has 0 saturated carbocycles. The van der Waals surface area contributed by atoms with Crippen molar-refractivity contribution in [2.24, 2.45) is 0 Å². The molecule has 0 radical (unpaired) electrons. The van der Waals surface area contributed by atoms with Crippen molar-refractivity contribution in [2.75, 3.05) is 27.2 Å². The van der Waals surface area contributed by atoms with Crippen molar-refractivity contribution in [2.45, 2.75) is 12.3 Å². The van der Waals surface area contributed by atoms with E-state index in [0.29, 0.717) is 0 Å². The zero-order valence-electron chi connectivity index (χ0n) is 7.93. The molecule has 7 heteroatoms. The van der Waals surface area contributed by atoms with Gasteiger partial charge in [-0.1, -0.05) is 0 Å². The predicted molar refractivity (Wildman–Crippen MR) is 43.6 cm³/mol. The van der Waals surface area contributed by atoms with Crippen LogP contribution in [0.25, 0.3) is 0 Å². The van der Waals surface area contributed by atoms with E-state index in [0.717, 1.165) is 0 Å². The second-order valence-corrected chi connectivity index (χ2v) is 2.98. The quantitative estimate of drug-likeness (QED) is 0.668. The number of hydrogen-bond acceptors (Lipinski definition) is 3. The number of alkyl halides is 3. The molecular formula is C7H13F3N2O2. The average Bonchev–Trinajstić information content (AvgIpc) is 2.01. The van der Waals surface area contributed by atoms with E-state index in [2.05, 4.69) is 5.32 Å². The van der Waals surface area contributed by atoms with Gasteiger partial charge in [0.05, 0.1) is 6.54 Å². The number of aliphatic hydroxyl groups excluding tert-OH is 1. The summed E-state index contributed by atoms with van der Waals surface area (Å²) in [4.78, 5) is 12.1. The second-order valence-electron chi connectivity index (χ2n) is 2.98. The first kappa shape index (κ1) is 13.2. The van der Waals surface area contributed by atoms with Crippen LogP contribution in [0.3, 0.4) is 0 Å². The smallest absolute Gasteiger partial charge is 0.382 e. The third-order valence-corrected chi connectivity index (χ3v) is 1.49. The van der Waals surface area contributed by atoms with Crippen molar-refractivity contribution in [3.05, 3.63) is 0 Å². The van der Waals surface area contributed by atoms with Crippen LogP contribution in [-0.4, -0.2) is 55.4 Å². The summed E-state index contributed by atoms with van der Waals surface area (Å²) in [5, 5.41) is 10.7. The normalized spacial score (nSPS) is 13.9. The molecular weight excluding hydrogens is 201 g/mol. The molecule has 0 aromatic rings. The molecule has 0 aliphatic heterocycles. The summed E-state index contributed by atoms with van der Waals surface area (Å²) < 4.78 is 35.2. The van der Waals surface area contributed by atoms with E-state index in [1.54, 1.807) is 0 Å². The number of carbonyl (C=O) groups is 1. The second kappa shape index (κ2) is 5.16. The van der Waals surface area contributed by atoms with Gasteiger partial charge in [-0.3, -0.25) is 4.79 Å². The number of likely N-dealkylation sites (N-methyl/N-ethyl adjacent to an activating group) is 1. The largest absolute Gasteiger partial charge is 0.415 e. The molecule has 0 fully saturated rings.